The van der Waals surface area contributed by atoms with Gasteiger partial charge in [-0.25, -0.2) is 0 Å². The number of hydrogen-bond donors (Lipinski definition) is 2. The molecule has 1 aliphatic rings. The van der Waals surface area contributed by atoms with Gasteiger partial charge in [0.05, 0.1) is 23.6 Å². The van der Waals surface area contributed by atoms with Crippen molar-refractivity contribution in [2.24, 2.45) is 0 Å². The molecule has 1 aliphatic heterocycles. The molecular formula is C36H33ClF3N3O4. The van der Waals surface area contributed by atoms with Crippen LogP contribution in [0, 0.1) is 0 Å². The first-order valence-corrected chi connectivity index (χ1v) is 15.6. The topological polar surface area (TPSA) is 99.6 Å². The number of alkyl halides is 3. The monoisotopic (exact) mass is 663 g/mol. The lowest BCUT2D eigenvalue weighted by atomic mass is 9.77. The second-order valence-corrected chi connectivity index (χ2v) is 12.0. The van der Waals surface area contributed by atoms with Gasteiger partial charge in [-0.15, -0.1) is 0 Å². The van der Waals surface area contributed by atoms with Gasteiger partial charge < -0.3 is 15.3 Å². The minimum atomic E-state index is -4.47. The molecule has 0 aliphatic carbocycles. The molecule has 0 bridgehead atoms. The highest BCUT2D eigenvalue weighted by atomic mass is 35.5. The minimum absolute atomic E-state index is 0.0160. The summed E-state index contributed by atoms with van der Waals surface area (Å²) in [5, 5.41) is 12.0. The summed E-state index contributed by atoms with van der Waals surface area (Å²) in [6.45, 7) is 2.78. The molecule has 5 rings (SSSR count). The lowest BCUT2D eigenvalue weighted by Crippen LogP contribution is -2.34. The molecule has 0 radical (unpaired) electrons. The van der Waals surface area contributed by atoms with Gasteiger partial charge >= 0.3 is 12.1 Å². The maximum atomic E-state index is 14.5. The van der Waals surface area contributed by atoms with Crippen LogP contribution in [0.4, 0.5) is 13.2 Å². The number of benzene rings is 3. The van der Waals surface area contributed by atoms with E-state index in [0.717, 1.165) is 40.9 Å². The van der Waals surface area contributed by atoms with Crippen molar-refractivity contribution < 1.29 is 32.7 Å². The average Bonchev–Trinajstić information content (AvgIpc) is 3.48. The second-order valence-electron chi connectivity index (χ2n) is 11.6. The number of halogens is 4. The highest BCUT2D eigenvalue weighted by molar-refractivity contribution is 6.30. The molecule has 0 saturated heterocycles. The predicted octanol–water partition coefficient (Wildman–Crippen LogP) is 7.84. The summed E-state index contributed by atoms with van der Waals surface area (Å²) in [4.78, 5) is 43.7. The Morgan fingerprint density at radius 3 is 2.23 bits per heavy atom. The third-order valence-corrected chi connectivity index (χ3v) is 8.60. The number of nitrogens with one attached hydrogen (secondary N) is 1. The van der Waals surface area contributed by atoms with E-state index in [-0.39, 0.29) is 30.7 Å². The highest BCUT2D eigenvalue weighted by Gasteiger charge is 2.36. The van der Waals surface area contributed by atoms with Crippen LogP contribution in [0.25, 0.3) is 11.3 Å². The molecule has 0 saturated carbocycles. The fraction of sp³-hybridized carbons (Fsp3) is 0.278. The molecule has 2 atom stereocenters. The Labute approximate surface area is 275 Å². The number of carbonyl (C=O) groups excluding carboxylic acids is 2. The van der Waals surface area contributed by atoms with Gasteiger partial charge in [0.15, 0.2) is 0 Å². The summed E-state index contributed by atoms with van der Waals surface area (Å²) < 4.78 is 39.1. The van der Waals surface area contributed by atoms with Crippen LogP contribution in [0.15, 0.2) is 85.1 Å². The maximum Gasteiger partial charge on any atom is 0.417 e. The molecule has 47 heavy (non-hydrogen) atoms. The van der Waals surface area contributed by atoms with Crippen LogP contribution >= 0.6 is 11.6 Å². The molecule has 1 aromatic heterocycles. The van der Waals surface area contributed by atoms with Crippen LogP contribution in [-0.4, -0.2) is 39.3 Å². The van der Waals surface area contributed by atoms with Crippen molar-refractivity contribution >= 4 is 29.4 Å². The Kier molecular flexibility index (Phi) is 10.3. The first-order valence-electron chi connectivity index (χ1n) is 15.2. The van der Waals surface area contributed by atoms with Crippen molar-refractivity contribution in [1.82, 2.24) is 15.2 Å². The molecule has 2 heterocycles. The first kappa shape index (κ1) is 33.7. The molecule has 7 nitrogen and oxygen atoms in total. The van der Waals surface area contributed by atoms with E-state index in [2.05, 4.69) is 10.3 Å². The number of pyridine rings is 1. The van der Waals surface area contributed by atoms with Gasteiger partial charge in [0.1, 0.15) is 0 Å². The van der Waals surface area contributed by atoms with Crippen molar-refractivity contribution in [3.05, 3.63) is 123 Å². The van der Waals surface area contributed by atoms with Crippen LogP contribution in [-0.2, 0) is 28.9 Å². The minimum Gasteiger partial charge on any atom is -0.481 e. The van der Waals surface area contributed by atoms with Crippen LogP contribution < -0.4 is 5.32 Å². The van der Waals surface area contributed by atoms with Gasteiger partial charge in [0.2, 0.25) is 5.91 Å². The van der Waals surface area contributed by atoms with Crippen LogP contribution in [0.3, 0.4) is 0 Å². The molecule has 2 amide bonds. The van der Waals surface area contributed by atoms with E-state index < -0.39 is 23.6 Å². The second kappa shape index (κ2) is 14.4. The van der Waals surface area contributed by atoms with E-state index >= 15 is 0 Å². The van der Waals surface area contributed by atoms with Crippen LogP contribution in [0.1, 0.15) is 76.2 Å². The van der Waals surface area contributed by atoms with Crippen molar-refractivity contribution in [2.75, 3.05) is 6.54 Å². The summed E-state index contributed by atoms with van der Waals surface area (Å²) in [6, 6.07) is 22.2. The van der Waals surface area contributed by atoms with Gasteiger partial charge in [-0.3, -0.25) is 19.4 Å². The number of aliphatic carboxylic acids is 1. The third-order valence-electron chi connectivity index (χ3n) is 8.35. The molecule has 11 heteroatoms. The molecule has 0 fully saturated rings. The number of carboxylic acids is 1. The van der Waals surface area contributed by atoms with E-state index in [1.807, 2.05) is 43.3 Å². The van der Waals surface area contributed by atoms with Crippen molar-refractivity contribution in [3.8, 4) is 11.3 Å². The lowest BCUT2D eigenvalue weighted by Gasteiger charge is -2.31. The Morgan fingerprint density at radius 1 is 0.936 bits per heavy atom. The number of carboxylic acid groups (broad SMARTS) is 1. The van der Waals surface area contributed by atoms with Crippen molar-refractivity contribution in [1.29, 1.82) is 0 Å². The normalized spacial score (nSPS) is 13.9. The number of aromatic nitrogens is 1. The Morgan fingerprint density at radius 2 is 1.62 bits per heavy atom. The Bertz CT molecular complexity index is 1740. The largest absolute Gasteiger partial charge is 0.481 e. The SMILES string of the molecule is CCCC(c1ccc(C(=O)NCCC(=O)O)cc1)C(C(=O)N1Cc2ccc(-c3ccc(C(F)(F)F)cn3)cc2C1)c1ccc(Cl)cc1. The van der Waals surface area contributed by atoms with Gasteiger partial charge in [-0.05, 0) is 77.1 Å². The zero-order chi connectivity index (χ0) is 33.7. The first-order chi connectivity index (χ1) is 22.4. The fourth-order valence-corrected chi connectivity index (χ4v) is 6.09. The highest BCUT2D eigenvalue weighted by Crippen LogP contribution is 2.41. The third kappa shape index (κ3) is 8.00. The number of rotatable bonds is 11. The number of nitrogens with zero attached hydrogens (tertiary/aromatic N) is 2. The van der Waals surface area contributed by atoms with E-state index in [0.29, 0.717) is 41.4 Å². The molecule has 2 N–H and O–H groups in total. The number of amides is 2. The molecule has 0 spiro atoms. The van der Waals surface area contributed by atoms with Gasteiger partial charge in [-0.2, -0.15) is 13.2 Å². The van der Waals surface area contributed by atoms with Crippen molar-refractivity contribution in [2.45, 2.75) is 57.3 Å². The summed E-state index contributed by atoms with van der Waals surface area (Å²) in [5.74, 6) is -2.25. The van der Waals surface area contributed by atoms with Crippen LogP contribution in [0.5, 0.6) is 0 Å². The molecule has 3 aromatic carbocycles. The van der Waals surface area contributed by atoms with E-state index in [4.69, 9.17) is 16.7 Å². The van der Waals surface area contributed by atoms with Crippen LogP contribution in [0.2, 0.25) is 5.02 Å². The molecule has 2 unspecified atom stereocenters. The summed E-state index contributed by atoms with van der Waals surface area (Å²) >= 11 is 6.21. The summed E-state index contributed by atoms with van der Waals surface area (Å²) in [5.41, 5.74) is 4.18. The standard InChI is InChI=1S/C36H33ClF3N3O4/c1-2-3-30(22-4-6-24(7-5-22)34(46)41-17-16-32(44)45)33(23-10-13-29(37)14-11-23)35(47)43-20-26-9-8-25(18-27(26)21-43)31-15-12-28(19-42-31)36(38,39)40/h4-15,18-19,30,33H,2-3,16-17,20-21H2,1H3,(H,41,46)(H,44,45). The van der Waals surface area contributed by atoms with Gasteiger partial charge in [-0.1, -0.05) is 61.3 Å². The Hall–Kier alpha value is -4.70. The zero-order valence-electron chi connectivity index (χ0n) is 25.6. The maximum absolute atomic E-state index is 14.5. The van der Waals surface area contributed by atoms with E-state index in [1.165, 1.54) is 6.07 Å². The summed E-state index contributed by atoms with van der Waals surface area (Å²) in [7, 11) is 0. The van der Waals surface area contributed by atoms with E-state index in [1.54, 1.807) is 35.2 Å². The van der Waals surface area contributed by atoms with E-state index in [9.17, 15) is 27.6 Å². The molecule has 244 valence electrons. The number of fused-ring (bicyclic) bond motifs is 1. The van der Waals surface area contributed by atoms with Crippen molar-refractivity contribution in [3.63, 3.8) is 0 Å². The zero-order valence-corrected chi connectivity index (χ0v) is 26.3. The summed E-state index contributed by atoms with van der Waals surface area (Å²) in [6.07, 6.45) is -2.35. The quantitative estimate of drug-likeness (QED) is 0.170. The molecule has 4 aromatic rings. The van der Waals surface area contributed by atoms with Gasteiger partial charge in [0.25, 0.3) is 5.91 Å². The number of carbonyl (C=O) groups is 3. The van der Waals surface area contributed by atoms with Gasteiger partial charge in [0, 0.05) is 42.0 Å². The lowest BCUT2D eigenvalue weighted by molar-refractivity contribution is -0.138. The molecular weight excluding hydrogens is 631 g/mol. The Balaban J connectivity index is 1.40. The predicted molar refractivity (Wildman–Crippen MR) is 172 cm³/mol. The fourth-order valence-electron chi connectivity index (χ4n) is 5.96. The smallest absolute Gasteiger partial charge is 0.417 e. The number of hydrogen-bond acceptors (Lipinski definition) is 4. The average molecular weight is 664 g/mol.